The van der Waals surface area contributed by atoms with Gasteiger partial charge in [0.1, 0.15) is 5.78 Å². The second-order valence-corrected chi connectivity index (χ2v) is 10.2. The van der Waals surface area contributed by atoms with Crippen LogP contribution in [0.15, 0.2) is 90.5 Å². The molecular weight excluding hydrogens is 388 g/mol. The summed E-state index contributed by atoms with van der Waals surface area (Å²) in [6.07, 6.45) is 6.77. The van der Waals surface area contributed by atoms with Crippen LogP contribution in [0.1, 0.15) is 56.7 Å². The fourth-order valence-electron chi connectivity index (χ4n) is 4.64. The average Bonchev–Trinajstić information content (AvgIpc) is 3.21. The molecule has 0 aromatic heterocycles. The predicted octanol–water partition coefficient (Wildman–Crippen LogP) is 7.73. The van der Waals surface area contributed by atoms with Gasteiger partial charge in [-0.3, -0.25) is 4.79 Å². The molecule has 0 fully saturated rings. The molecule has 164 valence electrons. The van der Waals surface area contributed by atoms with Crippen LogP contribution in [0.5, 0.6) is 0 Å². The molecule has 1 unspecified atom stereocenters. The maximum atomic E-state index is 12.7. The number of hydrogen-bond acceptors (Lipinski definition) is 1. The molecular formula is C31H34O. The van der Waals surface area contributed by atoms with Crippen LogP contribution >= 0.6 is 0 Å². The zero-order chi connectivity index (χ0) is 22.6. The molecule has 0 spiro atoms. The van der Waals surface area contributed by atoms with Crippen LogP contribution in [0.2, 0.25) is 0 Å². The highest BCUT2D eigenvalue weighted by molar-refractivity contribution is 5.83. The predicted molar refractivity (Wildman–Crippen MR) is 135 cm³/mol. The third kappa shape index (κ3) is 5.85. The Balaban J connectivity index is 1.32. The molecule has 0 heterocycles. The van der Waals surface area contributed by atoms with Crippen molar-refractivity contribution in [3.05, 3.63) is 107 Å². The molecule has 0 N–H and O–H groups in total. The number of carbonyl (C=O) groups excluding carboxylic acids is 1. The summed E-state index contributed by atoms with van der Waals surface area (Å²) < 4.78 is 0. The monoisotopic (exact) mass is 422 g/mol. The number of rotatable bonds is 7. The Labute approximate surface area is 193 Å². The third-order valence-corrected chi connectivity index (χ3v) is 6.49. The Morgan fingerprint density at radius 2 is 1.53 bits per heavy atom. The van der Waals surface area contributed by atoms with Crippen LogP contribution < -0.4 is 0 Å². The number of Topliss-reactive ketones (excluding diaryl/α,β-unsaturated/α-hetero) is 1. The van der Waals surface area contributed by atoms with Gasteiger partial charge in [0.15, 0.2) is 0 Å². The van der Waals surface area contributed by atoms with Crippen molar-refractivity contribution >= 4 is 5.78 Å². The van der Waals surface area contributed by atoms with Crippen LogP contribution in [0, 0.1) is 5.92 Å². The molecule has 1 heteroatoms. The molecule has 0 saturated carbocycles. The largest absolute Gasteiger partial charge is 0.299 e. The van der Waals surface area contributed by atoms with Crippen LogP contribution in [-0.2, 0) is 23.1 Å². The standard InChI is InChI=1S/C31H34O/c1-31(2,3)29-11-7-8-24(20-29)21-30(32)22-26-13-12-25(19-26)18-23-14-16-28(17-15-23)27-9-5-4-6-10-27/h4-11,14-17,19-20,25H,12-13,18,21-22H2,1-3H3. The van der Waals surface area contributed by atoms with E-state index in [1.807, 2.05) is 0 Å². The van der Waals surface area contributed by atoms with Crippen molar-refractivity contribution in [1.82, 2.24) is 0 Å². The van der Waals surface area contributed by atoms with E-state index in [9.17, 15) is 4.79 Å². The van der Waals surface area contributed by atoms with Crippen molar-refractivity contribution in [3.63, 3.8) is 0 Å². The van der Waals surface area contributed by atoms with Crippen molar-refractivity contribution in [3.8, 4) is 11.1 Å². The first-order valence-corrected chi connectivity index (χ1v) is 11.8. The lowest BCUT2D eigenvalue weighted by Gasteiger charge is -2.19. The zero-order valence-corrected chi connectivity index (χ0v) is 19.6. The maximum Gasteiger partial charge on any atom is 0.141 e. The summed E-state index contributed by atoms with van der Waals surface area (Å²) in [5.41, 5.74) is 7.76. The lowest BCUT2D eigenvalue weighted by Crippen LogP contribution is -2.12. The van der Waals surface area contributed by atoms with Crippen molar-refractivity contribution in [2.75, 3.05) is 0 Å². The van der Waals surface area contributed by atoms with Gasteiger partial charge in [-0.25, -0.2) is 0 Å². The van der Waals surface area contributed by atoms with E-state index in [0.717, 1.165) is 24.8 Å². The van der Waals surface area contributed by atoms with Crippen LogP contribution in [0.4, 0.5) is 0 Å². The smallest absolute Gasteiger partial charge is 0.141 e. The van der Waals surface area contributed by atoms with Gasteiger partial charge in [-0.05, 0) is 58.4 Å². The topological polar surface area (TPSA) is 17.1 Å². The molecule has 32 heavy (non-hydrogen) atoms. The number of benzene rings is 3. The number of allylic oxidation sites excluding steroid dienone is 2. The lowest BCUT2D eigenvalue weighted by atomic mass is 9.85. The van der Waals surface area contributed by atoms with E-state index in [1.54, 1.807) is 0 Å². The third-order valence-electron chi connectivity index (χ3n) is 6.49. The molecule has 1 nitrogen and oxygen atoms in total. The summed E-state index contributed by atoms with van der Waals surface area (Å²) in [5, 5.41) is 0. The molecule has 0 saturated heterocycles. The van der Waals surface area contributed by atoms with Gasteiger partial charge in [-0.1, -0.05) is 111 Å². The summed E-state index contributed by atoms with van der Waals surface area (Å²) in [6, 6.07) is 28.0. The van der Waals surface area contributed by atoms with Crippen LogP contribution in [0.25, 0.3) is 11.1 Å². The molecule has 0 bridgehead atoms. The average molecular weight is 423 g/mol. The fraction of sp³-hybridized carbons (Fsp3) is 0.323. The van der Waals surface area contributed by atoms with E-state index in [0.29, 0.717) is 24.5 Å². The molecule has 0 aliphatic heterocycles. The lowest BCUT2D eigenvalue weighted by molar-refractivity contribution is -0.117. The Kier molecular flexibility index (Phi) is 6.74. The minimum atomic E-state index is 0.111. The van der Waals surface area contributed by atoms with Crippen molar-refractivity contribution in [2.45, 2.75) is 58.3 Å². The Morgan fingerprint density at radius 1 is 0.812 bits per heavy atom. The SMILES string of the molecule is CC(C)(C)c1cccc(CC(=O)CC2=CC(Cc3ccc(-c4ccccc4)cc3)CC2)c1. The highest BCUT2D eigenvalue weighted by atomic mass is 16.1. The minimum absolute atomic E-state index is 0.111. The van der Waals surface area contributed by atoms with Gasteiger partial charge in [0.05, 0.1) is 0 Å². The summed E-state index contributed by atoms with van der Waals surface area (Å²) in [5.74, 6) is 0.875. The van der Waals surface area contributed by atoms with E-state index in [4.69, 9.17) is 0 Å². The summed E-state index contributed by atoms with van der Waals surface area (Å²) in [4.78, 5) is 12.7. The second-order valence-electron chi connectivity index (χ2n) is 10.2. The van der Waals surface area contributed by atoms with Crippen molar-refractivity contribution < 1.29 is 4.79 Å². The van der Waals surface area contributed by atoms with Gasteiger partial charge in [0.2, 0.25) is 0 Å². The van der Waals surface area contributed by atoms with Gasteiger partial charge in [-0.2, -0.15) is 0 Å². The molecule has 1 aliphatic rings. The minimum Gasteiger partial charge on any atom is -0.299 e. The molecule has 3 aromatic carbocycles. The molecule has 1 aliphatic carbocycles. The summed E-state index contributed by atoms with van der Waals surface area (Å²) in [7, 11) is 0. The van der Waals surface area contributed by atoms with E-state index in [1.165, 1.54) is 27.8 Å². The highest BCUT2D eigenvalue weighted by Crippen LogP contribution is 2.30. The van der Waals surface area contributed by atoms with E-state index in [2.05, 4.69) is 106 Å². The van der Waals surface area contributed by atoms with E-state index < -0.39 is 0 Å². The molecule has 3 aromatic rings. The second kappa shape index (κ2) is 9.69. The van der Waals surface area contributed by atoms with Crippen LogP contribution in [0.3, 0.4) is 0 Å². The number of carbonyl (C=O) groups is 1. The first kappa shape index (κ1) is 22.3. The van der Waals surface area contributed by atoms with Gasteiger partial charge in [0, 0.05) is 12.8 Å². The van der Waals surface area contributed by atoms with Crippen LogP contribution in [-0.4, -0.2) is 5.78 Å². The van der Waals surface area contributed by atoms with Crippen molar-refractivity contribution in [2.24, 2.45) is 5.92 Å². The van der Waals surface area contributed by atoms with E-state index >= 15 is 0 Å². The highest BCUT2D eigenvalue weighted by Gasteiger charge is 2.19. The molecule has 0 amide bonds. The van der Waals surface area contributed by atoms with Gasteiger partial charge < -0.3 is 0 Å². The first-order valence-electron chi connectivity index (χ1n) is 11.8. The van der Waals surface area contributed by atoms with Gasteiger partial charge >= 0.3 is 0 Å². The summed E-state index contributed by atoms with van der Waals surface area (Å²) in [6.45, 7) is 6.64. The Morgan fingerprint density at radius 3 is 2.25 bits per heavy atom. The first-order chi connectivity index (χ1) is 15.4. The van der Waals surface area contributed by atoms with E-state index in [-0.39, 0.29) is 5.41 Å². The Hall–Kier alpha value is -2.93. The maximum absolute atomic E-state index is 12.7. The molecule has 0 radical (unpaired) electrons. The number of ketones is 1. The van der Waals surface area contributed by atoms with Crippen molar-refractivity contribution in [1.29, 1.82) is 0 Å². The zero-order valence-electron chi connectivity index (χ0n) is 19.6. The number of hydrogen-bond donors (Lipinski definition) is 0. The fourth-order valence-corrected chi connectivity index (χ4v) is 4.64. The van der Waals surface area contributed by atoms with Gasteiger partial charge in [-0.15, -0.1) is 0 Å². The normalized spacial score (nSPS) is 16.1. The Bertz CT molecular complexity index is 1080. The summed E-state index contributed by atoms with van der Waals surface area (Å²) >= 11 is 0. The molecule has 4 rings (SSSR count). The quantitative estimate of drug-likeness (QED) is 0.356. The van der Waals surface area contributed by atoms with Gasteiger partial charge in [0.25, 0.3) is 0 Å². The molecule has 1 atom stereocenters.